The van der Waals surface area contributed by atoms with Crippen molar-refractivity contribution >= 4 is 33.1 Å². The van der Waals surface area contributed by atoms with Gasteiger partial charge in [-0.15, -0.1) is 16.4 Å². The molecule has 3 heterocycles. The lowest BCUT2D eigenvalue weighted by Crippen LogP contribution is -2.49. The summed E-state index contributed by atoms with van der Waals surface area (Å²) in [7, 11) is 0. The molecule has 2 aliphatic rings. The molecule has 3 aromatic rings. The molecule has 0 unspecified atom stereocenters. The van der Waals surface area contributed by atoms with Crippen molar-refractivity contribution < 1.29 is 4.79 Å². The standard InChI is InChI=1S/C21H22N4OS/c26-21(19-13-16-6-2-4-8-18(16)27-19)25-11-9-24(10-12-25)20-14-15-5-1-3-7-17(15)22-23-20/h2,4,6,8,13-14H,1,3,5,7,9-12H2. The molecule has 2 aromatic heterocycles. The van der Waals surface area contributed by atoms with E-state index in [4.69, 9.17) is 0 Å². The summed E-state index contributed by atoms with van der Waals surface area (Å²) in [6, 6.07) is 12.4. The first kappa shape index (κ1) is 16.7. The Labute approximate surface area is 162 Å². The van der Waals surface area contributed by atoms with Gasteiger partial charge in [0.05, 0.1) is 10.6 Å². The molecule has 0 atom stereocenters. The molecule has 5 rings (SSSR count). The molecule has 138 valence electrons. The second kappa shape index (κ2) is 6.93. The summed E-state index contributed by atoms with van der Waals surface area (Å²) in [5.74, 6) is 1.11. The summed E-state index contributed by atoms with van der Waals surface area (Å²) in [6.07, 6.45) is 4.64. The van der Waals surface area contributed by atoms with Gasteiger partial charge in [-0.05, 0) is 54.8 Å². The van der Waals surface area contributed by atoms with E-state index in [1.165, 1.54) is 28.8 Å². The number of benzene rings is 1. The van der Waals surface area contributed by atoms with Gasteiger partial charge in [-0.3, -0.25) is 4.79 Å². The smallest absolute Gasteiger partial charge is 0.264 e. The second-order valence-electron chi connectivity index (χ2n) is 7.31. The third-order valence-corrected chi connectivity index (χ3v) is 6.69. The zero-order valence-electron chi connectivity index (χ0n) is 15.2. The van der Waals surface area contributed by atoms with Crippen LogP contribution in [0.5, 0.6) is 0 Å². The number of anilines is 1. The van der Waals surface area contributed by atoms with Crippen LogP contribution in [0.2, 0.25) is 0 Å². The summed E-state index contributed by atoms with van der Waals surface area (Å²) < 4.78 is 1.17. The van der Waals surface area contributed by atoms with Crippen molar-refractivity contribution in [2.45, 2.75) is 25.7 Å². The van der Waals surface area contributed by atoms with Crippen LogP contribution < -0.4 is 4.90 Å². The summed E-state index contributed by atoms with van der Waals surface area (Å²) in [6.45, 7) is 3.08. The Bertz CT molecular complexity index is 958. The fourth-order valence-corrected chi connectivity index (χ4v) is 5.05. The second-order valence-corrected chi connectivity index (χ2v) is 8.39. The van der Waals surface area contributed by atoms with Crippen molar-refractivity contribution in [2.75, 3.05) is 31.1 Å². The van der Waals surface area contributed by atoms with Crippen LogP contribution in [-0.4, -0.2) is 47.2 Å². The summed E-state index contributed by atoms with van der Waals surface area (Å²) in [5, 5.41) is 10.0. The molecule has 0 spiro atoms. The number of thiophene rings is 1. The minimum absolute atomic E-state index is 0.146. The van der Waals surface area contributed by atoms with E-state index < -0.39 is 0 Å². The Hall–Kier alpha value is -2.47. The number of piperazine rings is 1. The van der Waals surface area contributed by atoms with E-state index in [0.717, 1.165) is 55.1 Å². The number of fused-ring (bicyclic) bond motifs is 2. The van der Waals surface area contributed by atoms with E-state index in [1.54, 1.807) is 11.3 Å². The number of hydrogen-bond donors (Lipinski definition) is 0. The van der Waals surface area contributed by atoms with Gasteiger partial charge < -0.3 is 9.80 Å². The molecule has 27 heavy (non-hydrogen) atoms. The molecule has 1 aliphatic carbocycles. The molecule has 5 nitrogen and oxygen atoms in total. The van der Waals surface area contributed by atoms with Crippen molar-refractivity contribution in [3.8, 4) is 0 Å². The number of aromatic nitrogens is 2. The molecule has 0 N–H and O–H groups in total. The fraction of sp³-hybridized carbons (Fsp3) is 0.381. The van der Waals surface area contributed by atoms with Crippen LogP contribution in [0.15, 0.2) is 36.4 Å². The molecule has 1 aliphatic heterocycles. The normalized spacial score (nSPS) is 17.2. The number of rotatable bonds is 2. The van der Waals surface area contributed by atoms with Crippen molar-refractivity contribution in [3.63, 3.8) is 0 Å². The van der Waals surface area contributed by atoms with Crippen LogP contribution in [0.3, 0.4) is 0 Å². The Morgan fingerprint density at radius 2 is 1.78 bits per heavy atom. The average molecular weight is 379 g/mol. The SMILES string of the molecule is O=C(c1cc2ccccc2s1)N1CCN(c2cc3c(nn2)CCCC3)CC1. The first-order chi connectivity index (χ1) is 13.3. The molecule has 1 saturated heterocycles. The van der Waals surface area contributed by atoms with Gasteiger partial charge in [0, 0.05) is 30.9 Å². The quantitative estimate of drug-likeness (QED) is 0.684. The Kier molecular flexibility index (Phi) is 4.28. The molecular formula is C21H22N4OS. The van der Waals surface area contributed by atoms with Gasteiger partial charge in [0.25, 0.3) is 5.91 Å². The van der Waals surface area contributed by atoms with Crippen LogP contribution in [0.25, 0.3) is 10.1 Å². The highest BCUT2D eigenvalue weighted by molar-refractivity contribution is 7.20. The van der Waals surface area contributed by atoms with E-state index in [2.05, 4.69) is 33.3 Å². The highest BCUT2D eigenvalue weighted by Crippen LogP contribution is 2.27. The van der Waals surface area contributed by atoms with Gasteiger partial charge in [0.15, 0.2) is 5.82 Å². The Morgan fingerprint density at radius 3 is 2.63 bits per heavy atom. The van der Waals surface area contributed by atoms with E-state index in [1.807, 2.05) is 23.1 Å². The summed E-state index contributed by atoms with van der Waals surface area (Å²) >= 11 is 1.58. The third-order valence-electron chi connectivity index (χ3n) is 5.58. The summed E-state index contributed by atoms with van der Waals surface area (Å²) in [4.78, 5) is 18.0. The predicted octanol–water partition coefficient (Wildman–Crippen LogP) is 3.53. The monoisotopic (exact) mass is 378 g/mol. The molecule has 0 radical (unpaired) electrons. The van der Waals surface area contributed by atoms with Crippen LogP contribution in [0, 0.1) is 0 Å². The lowest BCUT2D eigenvalue weighted by molar-refractivity contribution is 0.0751. The summed E-state index contributed by atoms with van der Waals surface area (Å²) in [5.41, 5.74) is 2.53. The zero-order chi connectivity index (χ0) is 18.2. The Balaban J connectivity index is 1.27. The van der Waals surface area contributed by atoms with Gasteiger partial charge >= 0.3 is 0 Å². The number of carbonyl (C=O) groups is 1. The van der Waals surface area contributed by atoms with Crippen molar-refractivity contribution in [2.24, 2.45) is 0 Å². The number of nitrogens with zero attached hydrogens (tertiary/aromatic N) is 4. The molecule has 1 aromatic carbocycles. The lowest BCUT2D eigenvalue weighted by atomic mass is 9.97. The number of carbonyl (C=O) groups excluding carboxylic acids is 1. The highest BCUT2D eigenvalue weighted by atomic mass is 32.1. The van der Waals surface area contributed by atoms with Crippen LogP contribution in [-0.2, 0) is 12.8 Å². The maximum absolute atomic E-state index is 12.9. The van der Waals surface area contributed by atoms with E-state index in [9.17, 15) is 4.79 Å². The Morgan fingerprint density at radius 1 is 0.963 bits per heavy atom. The first-order valence-corrected chi connectivity index (χ1v) is 10.5. The zero-order valence-corrected chi connectivity index (χ0v) is 16.0. The molecule has 0 bridgehead atoms. The highest BCUT2D eigenvalue weighted by Gasteiger charge is 2.25. The largest absolute Gasteiger partial charge is 0.352 e. The van der Waals surface area contributed by atoms with Crippen LogP contribution in [0.4, 0.5) is 5.82 Å². The number of hydrogen-bond acceptors (Lipinski definition) is 5. The molecule has 1 amide bonds. The van der Waals surface area contributed by atoms with Crippen molar-refractivity contribution in [3.05, 3.63) is 52.5 Å². The van der Waals surface area contributed by atoms with E-state index in [-0.39, 0.29) is 5.91 Å². The lowest BCUT2D eigenvalue weighted by Gasteiger charge is -2.35. The average Bonchev–Trinajstić information content (AvgIpc) is 3.17. The van der Waals surface area contributed by atoms with Crippen molar-refractivity contribution in [1.82, 2.24) is 15.1 Å². The third kappa shape index (κ3) is 3.18. The van der Waals surface area contributed by atoms with Gasteiger partial charge in [-0.1, -0.05) is 18.2 Å². The minimum atomic E-state index is 0.146. The molecular weight excluding hydrogens is 356 g/mol. The van der Waals surface area contributed by atoms with Gasteiger partial charge in [-0.2, -0.15) is 5.10 Å². The van der Waals surface area contributed by atoms with Gasteiger partial charge in [0.2, 0.25) is 0 Å². The van der Waals surface area contributed by atoms with Gasteiger partial charge in [-0.25, -0.2) is 0 Å². The first-order valence-electron chi connectivity index (χ1n) is 9.66. The van der Waals surface area contributed by atoms with E-state index >= 15 is 0 Å². The van der Waals surface area contributed by atoms with Crippen LogP contribution in [0.1, 0.15) is 33.8 Å². The maximum Gasteiger partial charge on any atom is 0.264 e. The molecule has 0 saturated carbocycles. The number of amides is 1. The van der Waals surface area contributed by atoms with Crippen molar-refractivity contribution in [1.29, 1.82) is 0 Å². The van der Waals surface area contributed by atoms with Crippen LogP contribution >= 0.6 is 11.3 Å². The minimum Gasteiger partial charge on any atom is -0.352 e. The topological polar surface area (TPSA) is 49.3 Å². The predicted molar refractivity (Wildman–Crippen MR) is 109 cm³/mol. The molecule has 1 fully saturated rings. The molecule has 6 heteroatoms. The maximum atomic E-state index is 12.9. The number of aryl methyl sites for hydroxylation is 2. The van der Waals surface area contributed by atoms with Gasteiger partial charge in [0.1, 0.15) is 0 Å². The fourth-order valence-electron chi connectivity index (χ4n) is 4.02. The van der Waals surface area contributed by atoms with E-state index in [0.29, 0.717) is 0 Å².